The minimum Gasteiger partial charge on any atom is -0.479 e. The molecule has 4 heteroatoms. The van der Waals surface area contributed by atoms with Crippen LogP contribution in [0, 0.1) is 11.3 Å². The van der Waals surface area contributed by atoms with Gasteiger partial charge in [-0.05, 0) is 36.6 Å². The molecule has 1 aliphatic rings. The fraction of sp³-hybridized carbons (Fsp3) is 0.273. The van der Waals surface area contributed by atoms with Crippen LogP contribution in [-0.4, -0.2) is 17.2 Å². The quantitative estimate of drug-likeness (QED) is 0.747. The van der Waals surface area contributed by atoms with Gasteiger partial charge in [0.15, 0.2) is 6.10 Å². The van der Waals surface area contributed by atoms with E-state index >= 15 is 0 Å². The van der Waals surface area contributed by atoms with Gasteiger partial charge in [-0.1, -0.05) is 0 Å². The predicted octanol–water partition coefficient (Wildman–Crippen LogP) is 1.34. The molecule has 1 aromatic rings. The third-order valence-electron chi connectivity index (χ3n) is 2.41. The lowest BCUT2D eigenvalue weighted by Gasteiger charge is -2.22. The molecule has 0 aliphatic carbocycles. The van der Waals surface area contributed by atoms with Crippen LogP contribution in [0.4, 0.5) is 0 Å². The average Bonchev–Trinajstić information content (AvgIpc) is 2.27. The molecular weight excluding hydrogens is 194 g/mol. The largest absolute Gasteiger partial charge is 0.479 e. The van der Waals surface area contributed by atoms with Crippen LogP contribution in [0.2, 0.25) is 0 Å². The predicted molar refractivity (Wildman–Crippen MR) is 51.5 cm³/mol. The lowest BCUT2D eigenvalue weighted by molar-refractivity contribution is -0.145. The van der Waals surface area contributed by atoms with Gasteiger partial charge >= 0.3 is 5.97 Å². The smallest absolute Gasteiger partial charge is 0.344 e. The van der Waals surface area contributed by atoms with Crippen molar-refractivity contribution in [1.82, 2.24) is 0 Å². The van der Waals surface area contributed by atoms with Gasteiger partial charge in [0.2, 0.25) is 0 Å². The van der Waals surface area contributed by atoms with E-state index in [2.05, 4.69) is 0 Å². The Morgan fingerprint density at radius 2 is 2.40 bits per heavy atom. The third-order valence-corrected chi connectivity index (χ3v) is 2.41. The maximum atomic E-state index is 10.7. The summed E-state index contributed by atoms with van der Waals surface area (Å²) >= 11 is 0. The van der Waals surface area contributed by atoms with Crippen molar-refractivity contribution in [2.45, 2.75) is 18.9 Å². The second kappa shape index (κ2) is 3.62. The first-order chi connectivity index (χ1) is 7.20. The molecule has 0 spiro atoms. The van der Waals surface area contributed by atoms with E-state index in [1.165, 1.54) is 0 Å². The molecule has 15 heavy (non-hydrogen) atoms. The Bertz CT molecular complexity index is 448. The van der Waals surface area contributed by atoms with E-state index in [4.69, 9.17) is 15.1 Å². The van der Waals surface area contributed by atoms with E-state index < -0.39 is 12.1 Å². The summed E-state index contributed by atoms with van der Waals surface area (Å²) in [5, 5.41) is 17.5. The average molecular weight is 203 g/mol. The third kappa shape index (κ3) is 1.77. The van der Waals surface area contributed by atoms with Crippen molar-refractivity contribution in [2.24, 2.45) is 0 Å². The molecular formula is C11H9NO3. The number of aliphatic carboxylic acids is 1. The van der Waals surface area contributed by atoms with Crippen molar-refractivity contribution < 1.29 is 14.6 Å². The summed E-state index contributed by atoms with van der Waals surface area (Å²) < 4.78 is 5.28. The maximum Gasteiger partial charge on any atom is 0.344 e. The Hall–Kier alpha value is -2.02. The van der Waals surface area contributed by atoms with Crippen molar-refractivity contribution in [3.63, 3.8) is 0 Å². The number of rotatable bonds is 1. The van der Waals surface area contributed by atoms with Crippen LogP contribution in [0.25, 0.3) is 0 Å². The number of carboxylic acid groups (broad SMARTS) is 1. The Morgan fingerprint density at radius 1 is 1.60 bits per heavy atom. The van der Waals surface area contributed by atoms with E-state index in [0.29, 0.717) is 24.2 Å². The van der Waals surface area contributed by atoms with Gasteiger partial charge in [0.25, 0.3) is 0 Å². The van der Waals surface area contributed by atoms with Gasteiger partial charge < -0.3 is 9.84 Å². The molecule has 1 unspecified atom stereocenters. The van der Waals surface area contributed by atoms with Crippen molar-refractivity contribution in [2.75, 3.05) is 0 Å². The lowest BCUT2D eigenvalue weighted by Crippen LogP contribution is -2.30. The molecule has 1 aromatic carbocycles. The Kier molecular flexibility index (Phi) is 2.30. The Balaban J connectivity index is 2.29. The molecule has 0 aromatic heterocycles. The van der Waals surface area contributed by atoms with Gasteiger partial charge in [0.1, 0.15) is 5.75 Å². The minimum absolute atomic E-state index is 0.456. The van der Waals surface area contributed by atoms with E-state index in [1.807, 2.05) is 6.07 Å². The lowest BCUT2D eigenvalue weighted by atomic mass is 10.0. The van der Waals surface area contributed by atoms with Gasteiger partial charge in [-0.3, -0.25) is 0 Å². The number of hydrogen-bond acceptors (Lipinski definition) is 3. The summed E-state index contributed by atoms with van der Waals surface area (Å²) in [6.45, 7) is 0. The highest BCUT2D eigenvalue weighted by Crippen LogP contribution is 2.28. The summed E-state index contributed by atoms with van der Waals surface area (Å²) in [5.74, 6) is -0.363. The fourth-order valence-electron chi connectivity index (χ4n) is 1.63. The number of nitriles is 1. The molecule has 4 nitrogen and oxygen atoms in total. The highest BCUT2D eigenvalue weighted by molar-refractivity contribution is 5.73. The SMILES string of the molecule is N#Cc1ccc2c(c1)CCC(C(=O)O)O2. The monoisotopic (exact) mass is 203 g/mol. The number of benzene rings is 1. The second-order valence-electron chi connectivity index (χ2n) is 3.42. The highest BCUT2D eigenvalue weighted by Gasteiger charge is 2.25. The summed E-state index contributed by atoms with van der Waals surface area (Å²) in [6, 6.07) is 7.07. The van der Waals surface area contributed by atoms with Crippen LogP contribution in [-0.2, 0) is 11.2 Å². The molecule has 2 rings (SSSR count). The fourth-order valence-corrected chi connectivity index (χ4v) is 1.63. The van der Waals surface area contributed by atoms with Crippen LogP contribution in [0.1, 0.15) is 17.5 Å². The van der Waals surface area contributed by atoms with Crippen LogP contribution >= 0.6 is 0 Å². The zero-order chi connectivity index (χ0) is 10.8. The molecule has 0 saturated heterocycles. The van der Waals surface area contributed by atoms with Gasteiger partial charge in [0.05, 0.1) is 11.6 Å². The van der Waals surface area contributed by atoms with Crippen molar-refractivity contribution in [3.05, 3.63) is 29.3 Å². The van der Waals surface area contributed by atoms with E-state index in [0.717, 1.165) is 5.56 Å². The number of nitrogens with zero attached hydrogens (tertiary/aromatic N) is 1. The zero-order valence-electron chi connectivity index (χ0n) is 7.93. The second-order valence-corrected chi connectivity index (χ2v) is 3.42. The molecule has 0 saturated carbocycles. The normalized spacial score (nSPS) is 18.5. The first-order valence-corrected chi connectivity index (χ1v) is 4.63. The van der Waals surface area contributed by atoms with Crippen LogP contribution in [0.15, 0.2) is 18.2 Å². The standard InChI is InChI=1S/C11H9NO3/c12-6-7-1-3-9-8(5-7)2-4-10(15-9)11(13)14/h1,3,5,10H,2,4H2,(H,13,14). The molecule has 1 heterocycles. The van der Waals surface area contributed by atoms with Crippen molar-refractivity contribution in [3.8, 4) is 11.8 Å². The van der Waals surface area contributed by atoms with Crippen molar-refractivity contribution >= 4 is 5.97 Å². The summed E-state index contributed by atoms with van der Waals surface area (Å²) in [6.07, 6.45) is 0.337. The molecule has 76 valence electrons. The summed E-state index contributed by atoms with van der Waals surface area (Å²) in [5.41, 5.74) is 1.48. The Labute approximate surface area is 86.7 Å². The number of carbonyl (C=O) groups is 1. The zero-order valence-corrected chi connectivity index (χ0v) is 7.93. The van der Waals surface area contributed by atoms with E-state index in [9.17, 15) is 4.79 Å². The molecule has 1 aliphatic heterocycles. The first kappa shape index (κ1) is 9.53. The van der Waals surface area contributed by atoms with E-state index in [-0.39, 0.29) is 0 Å². The van der Waals surface area contributed by atoms with Gasteiger partial charge in [-0.2, -0.15) is 5.26 Å². The number of fused-ring (bicyclic) bond motifs is 1. The molecule has 1 atom stereocenters. The number of aryl methyl sites for hydroxylation is 1. The molecule has 0 amide bonds. The molecule has 0 fully saturated rings. The van der Waals surface area contributed by atoms with Crippen LogP contribution in [0.5, 0.6) is 5.75 Å². The van der Waals surface area contributed by atoms with Gasteiger partial charge in [-0.15, -0.1) is 0 Å². The number of ether oxygens (including phenoxy) is 1. The van der Waals surface area contributed by atoms with Crippen LogP contribution < -0.4 is 4.74 Å². The first-order valence-electron chi connectivity index (χ1n) is 4.63. The number of carboxylic acids is 1. The Morgan fingerprint density at radius 3 is 3.07 bits per heavy atom. The highest BCUT2D eigenvalue weighted by atomic mass is 16.5. The maximum absolute atomic E-state index is 10.7. The topological polar surface area (TPSA) is 70.3 Å². The van der Waals surface area contributed by atoms with Crippen LogP contribution in [0.3, 0.4) is 0 Å². The molecule has 0 bridgehead atoms. The van der Waals surface area contributed by atoms with Gasteiger partial charge in [-0.25, -0.2) is 4.79 Å². The number of hydrogen-bond donors (Lipinski definition) is 1. The minimum atomic E-state index is -0.940. The summed E-state index contributed by atoms with van der Waals surface area (Å²) in [7, 11) is 0. The summed E-state index contributed by atoms with van der Waals surface area (Å²) in [4.78, 5) is 10.7. The molecule has 1 N–H and O–H groups in total. The van der Waals surface area contributed by atoms with E-state index in [1.54, 1.807) is 18.2 Å². The van der Waals surface area contributed by atoms with Crippen molar-refractivity contribution in [1.29, 1.82) is 5.26 Å². The molecule has 0 radical (unpaired) electrons. The van der Waals surface area contributed by atoms with Gasteiger partial charge in [0, 0.05) is 0 Å².